The van der Waals surface area contributed by atoms with Crippen molar-refractivity contribution in [3.8, 4) is 0 Å². The fourth-order valence-electron chi connectivity index (χ4n) is 2.29. The molecular weight excluding hydrogens is 274 g/mol. The molecule has 1 aromatic rings. The summed E-state index contributed by atoms with van der Waals surface area (Å²) in [5.41, 5.74) is 1.22. The van der Waals surface area contributed by atoms with Crippen LogP contribution in [0.4, 0.5) is 0 Å². The molecule has 0 spiro atoms. The van der Waals surface area contributed by atoms with Crippen molar-refractivity contribution in [3.63, 3.8) is 0 Å². The molecule has 0 fully saturated rings. The minimum atomic E-state index is -0.811. The largest absolute Gasteiger partial charge is 0.481 e. The van der Waals surface area contributed by atoms with E-state index in [1.165, 1.54) is 10.5 Å². The van der Waals surface area contributed by atoms with Crippen molar-refractivity contribution in [2.45, 2.75) is 36.3 Å². The Morgan fingerprint density at radius 2 is 2.20 bits per heavy atom. The first-order chi connectivity index (χ1) is 9.60. The minimum absolute atomic E-state index is 0.00484. The molecule has 0 aliphatic carbocycles. The summed E-state index contributed by atoms with van der Waals surface area (Å²) in [5, 5.41) is 11.6. The molecule has 1 aliphatic heterocycles. The van der Waals surface area contributed by atoms with E-state index in [0.29, 0.717) is 6.54 Å². The number of amides is 1. The topological polar surface area (TPSA) is 66.4 Å². The van der Waals surface area contributed by atoms with Crippen molar-refractivity contribution in [3.05, 3.63) is 29.8 Å². The third-order valence-electron chi connectivity index (χ3n) is 3.55. The number of carbonyl (C=O) groups excluding carboxylic acids is 1. The highest BCUT2D eigenvalue weighted by molar-refractivity contribution is 8.01. The molecule has 1 heterocycles. The van der Waals surface area contributed by atoms with Gasteiger partial charge >= 0.3 is 5.97 Å². The van der Waals surface area contributed by atoms with Crippen LogP contribution >= 0.6 is 11.8 Å². The summed E-state index contributed by atoms with van der Waals surface area (Å²) in [7, 11) is 0. The summed E-state index contributed by atoms with van der Waals surface area (Å²) in [5.74, 6) is -0.797. The van der Waals surface area contributed by atoms with Crippen molar-refractivity contribution in [2.24, 2.45) is 5.92 Å². The maximum atomic E-state index is 12.1. The lowest BCUT2D eigenvalue weighted by molar-refractivity contribution is -0.138. The predicted molar refractivity (Wildman–Crippen MR) is 78.8 cm³/mol. The van der Waals surface area contributed by atoms with E-state index in [-0.39, 0.29) is 23.5 Å². The molecule has 1 aliphatic rings. The Bertz CT molecular complexity index is 479. The van der Waals surface area contributed by atoms with Gasteiger partial charge in [-0.15, -0.1) is 11.8 Å². The second kappa shape index (κ2) is 6.79. The van der Waals surface area contributed by atoms with Crippen molar-refractivity contribution in [1.82, 2.24) is 5.32 Å². The number of carbonyl (C=O) groups is 2. The molecule has 2 N–H and O–H groups in total. The van der Waals surface area contributed by atoms with Crippen molar-refractivity contribution < 1.29 is 14.7 Å². The van der Waals surface area contributed by atoms with Gasteiger partial charge in [0.1, 0.15) is 0 Å². The lowest BCUT2D eigenvalue weighted by Gasteiger charge is -2.15. The van der Waals surface area contributed by atoms with Crippen molar-refractivity contribution in [1.29, 1.82) is 0 Å². The zero-order chi connectivity index (χ0) is 14.5. The monoisotopic (exact) mass is 293 g/mol. The average Bonchev–Trinajstić information content (AvgIpc) is 2.86. The van der Waals surface area contributed by atoms with Gasteiger partial charge in [-0.05, 0) is 24.0 Å². The molecule has 2 unspecified atom stereocenters. The Balaban J connectivity index is 1.83. The first-order valence-corrected chi connectivity index (χ1v) is 7.72. The Kier molecular flexibility index (Phi) is 5.06. The Labute approximate surface area is 123 Å². The number of hydrogen-bond donors (Lipinski definition) is 2. The Morgan fingerprint density at radius 1 is 1.45 bits per heavy atom. The molecule has 108 valence electrons. The molecule has 1 amide bonds. The van der Waals surface area contributed by atoms with E-state index in [1.54, 1.807) is 11.8 Å². The third kappa shape index (κ3) is 3.76. The maximum absolute atomic E-state index is 12.1. The van der Waals surface area contributed by atoms with E-state index in [2.05, 4.69) is 11.4 Å². The quantitative estimate of drug-likeness (QED) is 0.844. The number of carboxylic acid groups (broad SMARTS) is 1. The Morgan fingerprint density at radius 3 is 2.85 bits per heavy atom. The summed E-state index contributed by atoms with van der Waals surface area (Å²) < 4.78 is 0. The molecule has 2 atom stereocenters. The lowest BCUT2D eigenvalue weighted by atomic mass is 10.0. The van der Waals surface area contributed by atoms with E-state index in [9.17, 15) is 9.59 Å². The fraction of sp³-hybridized carbons (Fsp3) is 0.467. The van der Waals surface area contributed by atoms with Crippen LogP contribution in [0.3, 0.4) is 0 Å². The van der Waals surface area contributed by atoms with Gasteiger partial charge in [0, 0.05) is 17.9 Å². The van der Waals surface area contributed by atoms with Gasteiger partial charge in [-0.1, -0.05) is 31.5 Å². The number of thioether (sulfide) groups is 1. The molecule has 0 aromatic heterocycles. The van der Waals surface area contributed by atoms with Crippen LogP contribution in [-0.2, 0) is 16.0 Å². The number of nitrogens with one attached hydrogen (secondary N) is 1. The van der Waals surface area contributed by atoms with Crippen LogP contribution in [-0.4, -0.2) is 28.8 Å². The van der Waals surface area contributed by atoms with E-state index in [4.69, 9.17) is 5.11 Å². The second-order valence-electron chi connectivity index (χ2n) is 5.04. The first kappa shape index (κ1) is 14.9. The number of fused-ring (bicyclic) bond motifs is 1. The summed E-state index contributed by atoms with van der Waals surface area (Å²) >= 11 is 1.59. The van der Waals surface area contributed by atoms with Gasteiger partial charge < -0.3 is 10.4 Å². The van der Waals surface area contributed by atoms with Crippen LogP contribution in [0.2, 0.25) is 0 Å². The van der Waals surface area contributed by atoms with Crippen LogP contribution in [0.15, 0.2) is 29.2 Å². The molecule has 0 saturated carbocycles. The second-order valence-corrected chi connectivity index (χ2v) is 6.28. The van der Waals surface area contributed by atoms with E-state index < -0.39 is 5.97 Å². The smallest absolute Gasteiger partial charge is 0.303 e. The lowest BCUT2D eigenvalue weighted by Crippen LogP contribution is -2.36. The predicted octanol–water partition coefficient (Wildman–Crippen LogP) is 2.32. The van der Waals surface area contributed by atoms with Crippen LogP contribution in [0.5, 0.6) is 0 Å². The molecule has 5 heteroatoms. The molecule has 20 heavy (non-hydrogen) atoms. The minimum Gasteiger partial charge on any atom is -0.481 e. The molecular formula is C15H19NO3S. The van der Waals surface area contributed by atoms with Gasteiger partial charge in [-0.2, -0.15) is 0 Å². The summed E-state index contributed by atoms with van der Waals surface area (Å²) in [6.07, 6.45) is 1.61. The number of hydrogen-bond acceptors (Lipinski definition) is 3. The molecule has 4 nitrogen and oxygen atoms in total. The van der Waals surface area contributed by atoms with Gasteiger partial charge in [0.05, 0.1) is 5.25 Å². The van der Waals surface area contributed by atoms with Gasteiger partial charge in [0.2, 0.25) is 5.91 Å². The van der Waals surface area contributed by atoms with Gasteiger partial charge in [0.25, 0.3) is 0 Å². The van der Waals surface area contributed by atoms with Crippen molar-refractivity contribution in [2.75, 3.05) is 6.54 Å². The van der Waals surface area contributed by atoms with Gasteiger partial charge in [0.15, 0.2) is 0 Å². The van der Waals surface area contributed by atoms with Crippen LogP contribution < -0.4 is 5.32 Å². The van der Waals surface area contributed by atoms with Crippen LogP contribution in [0, 0.1) is 5.92 Å². The van der Waals surface area contributed by atoms with E-state index in [1.807, 2.05) is 25.1 Å². The third-order valence-corrected chi connectivity index (χ3v) is 4.86. The van der Waals surface area contributed by atoms with Crippen LogP contribution in [0.25, 0.3) is 0 Å². The molecule has 0 saturated heterocycles. The average molecular weight is 293 g/mol. The number of carboxylic acids is 1. The number of rotatable bonds is 6. The highest BCUT2D eigenvalue weighted by Crippen LogP contribution is 2.36. The molecule has 0 radical (unpaired) electrons. The summed E-state index contributed by atoms with van der Waals surface area (Å²) in [4.78, 5) is 24.0. The number of benzene rings is 1. The normalized spacial score (nSPS) is 18.4. The molecule has 1 aromatic carbocycles. The highest BCUT2D eigenvalue weighted by Gasteiger charge is 2.28. The Hall–Kier alpha value is -1.49. The first-order valence-electron chi connectivity index (χ1n) is 6.84. The van der Waals surface area contributed by atoms with Crippen molar-refractivity contribution >= 4 is 23.6 Å². The van der Waals surface area contributed by atoms with E-state index in [0.717, 1.165) is 12.8 Å². The van der Waals surface area contributed by atoms with E-state index >= 15 is 0 Å². The summed E-state index contributed by atoms with van der Waals surface area (Å²) in [6.45, 7) is 2.38. The maximum Gasteiger partial charge on any atom is 0.303 e. The fourth-order valence-corrected chi connectivity index (χ4v) is 3.51. The van der Waals surface area contributed by atoms with Gasteiger partial charge in [-0.3, -0.25) is 9.59 Å². The standard InChI is InChI=1S/C15H19NO3S/c1-2-10(7-14(17)18)9-16-15(19)13-8-11-5-3-4-6-12(11)20-13/h3-6,10,13H,2,7-9H2,1H3,(H,16,19)(H,17,18). The zero-order valence-electron chi connectivity index (χ0n) is 11.5. The highest BCUT2D eigenvalue weighted by atomic mass is 32.2. The zero-order valence-corrected chi connectivity index (χ0v) is 12.3. The van der Waals surface area contributed by atoms with Crippen LogP contribution in [0.1, 0.15) is 25.3 Å². The van der Waals surface area contributed by atoms with Gasteiger partial charge in [-0.25, -0.2) is 0 Å². The SMILES string of the molecule is CCC(CNC(=O)C1Cc2ccccc2S1)CC(=O)O. The molecule has 0 bridgehead atoms. The number of aliphatic carboxylic acids is 1. The molecule has 2 rings (SSSR count). The summed E-state index contributed by atoms with van der Waals surface area (Å²) in [6, 6.07) is 8.05.